The number of piperidine rings is 1. The molecule has 0 aromatic carbocycles. The number of rotatable bonds is 2. The number of aromatic nitrogens is 3. The Hall–Kier alpha value is -1.21. The minimum Gasteiger partial charge on any atom is -0.328 e. The third-order valence-electron chi connectivity index (χ3n) is 3.31. The number of aromatic amines is 1. The van der Waals surface area contributed by atoms with Gasteiger partial charge >= 0.3 is 0 Å². The molecule has 100 valence electrons. The van der Waals surface area contributed by atoms with Crippen LogP contribution in [-0.2, 0) is 0 Å². The van der Waals surface area contributed by atoms with E-state index in [9.17, 15) is 4.79 Å². The number of amides is 1. The molecule has 1 fully saturated rings. The van der Waals surface area contributed by atoms with Crippen LogP contribution in [0.3, 0.4) is 0 Å². The van der Waals surface area contributed by atoms with Gasteiger partial charge in [-0.15, -0.1) is 11.3 Å². The molecule has 1 N–H and O–H groups in total. The summed E-state index contributed by atoms with van der Waals surface area (Å²) >= 11 is 4.96. The lowest BCUT2D eigenvalue weighted by molar-refractivity contribution is 0.0604. The number of hydrogen-bond donors (Lipinski definition) is 1. The average molecular weight is 341 g/mol. The topological polar surface area (TPSA) is 61.9 Å². The van der Waals surface area contributed by atoms with Crippen molar-refractivity contribution in [2.24, 2.45) is 0 Å². The third-order valence-corrected chi connectivity index (χ3v) is 4.79. The molecule has 3 heterocycles. The summed E-state index contributed by atoms with van der Waals surface area (Å²) in [6, 6.07) is 0.0939. The van der Waals surface area contributed by atoms with Crippen LogP contribution in [0.25, 0.3) is 0 Å². The zero-order valence-electron chi connectivity index (χ0n) is 10.2. The summed E-state index contributed by atoms with van der Waals surface area (Å²) in [5.41, 5.74) is 0.517. The molecule has 0 saturated carbocycles. The number of likely N-dealkylation sites (tertiary alicyclic amines) is 1. The second-order valence-electron chi connectivity index (χ2n) is 4.47. The van der Waals surface area contributed by atoms with E-state index < -0.39 is 0 Å². The van der Waals surface area contributed by atoms with Gasteiger partial charge in [0.05, 0.1) is 16.7 Å². The largest absolute Gasteiger partial charge is 0.328 e. The van der Waals surface area contributed by atoms with Gasteiger partial charge in [0.1, 0.15) is 10.7 Å². The van der Waals surface area contributed by atoms with Crippen LogP contribution in [0.2, 0.25) is 0 Å². The van der Waals surface area contributed by atoms with Crippen molar-refractivity contribution in [3.05, 3.63) is 32.9 Å². The van der Waals surface area contributed by atoms with Crippen molar-refractivity contribution >= 4 is 33.2 Å². The van der Waals surface area contributed by atoms with E-state index in [4.69, 9.17) is 0 Å². The molecule has 0 radical (unpaired) electrons. The predicted octanol–water partition coefficient (Wildman–Crippen LogP) is 3.00. The molecular formula is C12H13BrN4OS. The van der Waals surface area contributed by atoms with E-state index in [0.29, 0.717) is 10.2 Å². The van der Waals surface area contributed by atoms with Gasteiger partial charge in [0.25, 0.3) is 5.91 Å². The first-order valence-electron chi connectivity index (χ1n) is 6.16. The van der Waals surface area contributed by atoms with E-state index in [1.165, 1.54) is 0 Å². The Morgan fingerprint density at radius 1 is 1.53 bits per heavy atom. The molecule has 5 nitrogen and oxygen atoms in total. The Kier molecular flexibility index (Phi) is 3.65. The Labute approximate surface area is 123 Å². The van der Waals surface area contributed by atoms with Crippen molar-refractivity contribution in [1.29, 1.82) is 0 Å². The highest BCUT2D eigenvalue weighted by atomic mass is 79.9. The molecule has 1 atom stereocenters. The first kappa shape index (κ1) is 12.8. The zero-order chi connectivity index (χ0) is 13.2. The summed E-state index contributed by atoms with van der Waals surface area (Å²) in [6.45, 7) is 0.772. The lowest BCUT2D eigenvalue weighted by atomic mass is 10.0. The van der Waals surface area contributed by atoms with Gasteiger partial charge in [-0.25, -0.2) is 4.98 Å². The molecule has 1 saturated heterocycles. The van der Waals surface area contributed by atoms with Crippen molar-refractivity contribution < 1.29 is 4.79 Å². The number of carbonyl (C=O) groups excluding carboxylic acids is 1. The van der Waals surface area contributed by atoms with Gasteiger partial charge < -0.3 is 4.90 Å². The fourth-order valence-corrected chi connectivity index (χ4v) is 3.54. The minimum atomic E-state index is -0.00993. The van der Waals surface area contributed by atoms with Gasteiger partial charge in [-0.1, -0.05) is 0 Å². The summed E-state index contributed by atoms with van der Waals surface area (Å²) < 4.78 is 0.709. The quantitative estimate of drug-likeness (QED) is 0.913. The normalized spacial score (nSPS) is 19.6. The summed E-state index contributed by atoms with van der Waals surface area (Å²) in [6.07, 6.45) is 6.56. The number of nitrogens with zero attached hydrogens (tertiary/aromatic N) is 3. The monoisotopic (exact) mass is 340 g/mol. The van der Waals surface area contributed by atoms with E-state index >= 15 is 0 Å². The molecule has 3 rings (SSSR count). The first-order chi connectivity index (χ1) is 9.27. The maximum atomic E-state index is 12.6. The fraction of sp³-hybridized carbons (Fsp3) is 0.417. The van der Waals surface area contributed by atoms with Crippen molar-refractivity contribution in [3.63, 3.8) is 0 Å². The average Bonchev–Trinajstić information content (AvgIpc) is 3.09. The maximum absolute atomic E-state index is 12.6. The Balaban J connectivity index is 1.89. The molecule has 2 aromatic rings. The number of hydrogen-bond acceptors (Lipinski definition) is 4. The molecule has 19 heavy (non-hydrogen) atoms. The number of nitrogens with one attached hydrogen (secondary N) is 1. The summed E-state index contributed by atoms with van der Waals surface area (Å²) in [5.74, 6) is -0.00993. The Morgan fingerprint density at radius 2 is 2.42 bits per heavy atom. The molecule has 1 aliphatic rings. The molecule has 0 spiro atoms. The van der Waals surface area contributed by atoms with E-state index in [2.05, 4.69) is 31.1 Å². The van der Waals surface area contributed by atoms with Crippen LogP contribution < -0.4 is 0 Å². The second kappa shape index (κ2) is 5.42. The van der Waals surface area contributed by atoms with Gasteiger partial charge in [0, 0.05) is 18.1 Å². The molecule has 0 bridgehead atoms. The Bertz CT molecular complexity index is 568. The van der Waals surface area contributed by atoms with Gasteiger partial charge in [-0.3, -0.25) is 9.89 Å². The van der Waals surface area contributed by atoms with E-state index in [-0.39, 0.29) is 11.9 Å². The zero-order valence-corrected chi connectivity index (χ0v) is 12.6. The van der Waals surface area contributed by atoms with Crippen LogP contribution in [0, 0.1) is 0 Å². The van der Waals surface area contributed by atoms with Crippen LogP contribution in [0.4, 0.5) is 0 Å². The summed E-state index contributed by atoms with van der Waals surface area (Å²) in [5, 5.41) is 9.63. The second-order valence-corrected chi connectivity index (χ2v) is 6.25. The first-order valence-corrected chi connectivity index (χ1v) is 7.84. The van der Waals surface area contributed by atoms with Crippen molar-refractivity contribution in [2.45, 2.75) is 25.3 Å². The van der Waals surface area contributed by atoms with Crippen LogP contribution in [0.5, 0.6) is 0 Å². The van der Waals surface area contributed by atoms with E-state index in [1.807, 2.05) is 10.3 Å². The smallest absolute Gasteiger partial charge is 0.273 e. The number of thiazole rings is 1. The third kappa shape index (κ3) is 2.44. The molecule has 1 aliphatic heterocycles. The van der Waals surface area contributed by atoms with Gasteiger partial charge in [0.2, 0.25) is 0 Å². The van der Waals surface area contributed by atoms with Crippen LogP contribution in [-0.4, -0.2) is 32.5 Å². The van der Waals surface area contributed by atoms with Gasteiger partial charge in [0.15, 0.2) is 0 Å². The lowest BCUT2D eigenvalue weighted by Gasteiger charge is -2.34. The molecule has 0 unspecified atom stereocenters. The Morgan fingerprint density at radius 3 is 3.11 bits per heavy atom. The summed E-state index contributed by atoms with van der Waals surface area (Å²) in [7, 11) is 0. The highest BCUT2D eigenvalue weighted by molar-refractivity contribution is 9.10. The molecule has 1 amide bonds. The SMILES string of the molecule is O=C(c1[nH]ncc1Br)N1CCCC[C@H]1c1nccs1. The summed E-state index contributed by atoms with van der Waals surface area (Å²) in [4.78, 5) is 18.9. The minimum absolute atomic E-state index is 0.00993. The van der Waals surface area contributed by atoms with E-state index in [0.717, 1.165) is 30.8 Å². The van der Waals surface area contributed by atoms with Crippen molar-refractivity contribution in [1.82, 2.24) is 20.1 Å². The number of carbonyl (C=O) groups is 1. The molecular weight excluding hydrogens is 328 g/mol. The highest BCUT2D eigenvalue weighted by Gasteiger charge is 2.31. The van der Waals surface area contributed by atoms with E-state index in [1.54, 1.807) is 23.7 Å². The van der Waals surface area contributed by atoms with Crippen LogP contribution in [0.15, 0.2) is 22.2 Å². The molecule has 2 aromatic heterocycles. The van der Waals surface area contributed by atoms with Gasteiger partial charge in [-0.05, 0) is 35.2 Å². The van der Waals surface area contributed by atoms with Crippen LogP contribution >= 0.6 is 27.3 Å². The maximum Gasteiger partial charge on any atom is 0.273 e. The van der Waals surface area contributed by atoms with Crippen molar-refractivity contribution in [2.75, 3.05) is 6.54 Å². The lowest BCUT2D eigenvalue weighted by Crippen LogP contribution is -2.38. The van der Waals surface area contributed by atoms with Crippen LogP contribution in [0.1, 0.15) is 40.8 Å². The highest BCUT2D eigenvalue weighted by Crippen LogP contribution is 2.33. The number of halogens is 1. The predicted molar refractivity (Wildman–Crippen MR) is 76.0 cm³/mol. The fourth-order valence-electron chi connectivity index (χ4n) is 2.40. The number of H-pyrrole nitrogens is 1. The van der Waals surface area contributed by atoms with Crippen molar-refractivity contribution in [3.8, 4) is 0 Å². The standard InChI is InChI=1S/C12H13BrN4OS/c13-8-7-15-16-10(8)12(18)17-5-2-1-3-9(17)11-14-4-6-19-11/h4,6-7,9H,1-3,5H2,(H,15,16)/t9-/m0/s1. The van der Waals surface area contributed by atoms with Gasteiger partial charge in [-0.2, -0.15) is 5.10 Å². The molecule has 7 heteroatoms. The molecule has 0 aliphatic carbocycles.